The van der Waals surface area contributed by atoms with Crippen LogP contribution in [-0.2, 0) is 23.8 Å². The minimum absolute atomic E-state index is 0.00664. The number of carbonyl (C=O) groups excluding carboxylic acids is 2. The van der Waals surface area contributed by atoms with E-state index in [0.717, 1.165) is 64.2 Å². The molecule has 0 radical (unpaired) electrons. The molecule has 1 fully saturated rings. The minimum Gasteiger partial charge on any atom is -0.466 e. The zero-order valence-corrected chi connectivity index (χ0v) is 52.3. The molecule has 1 aliphatic rings. The van der Waals surface area contributed by atoms with E-state index in [1.165, 1.54) is 250 Å². The van der Waals surface area contributed by atoms with Crippen molar-refractivity contribution in [3.8, 4) is 0 Å². The van der Waals surface area contributed by atoms with Gasteiger partial charge in [-0.25, -0.2) is 0 Å². The molecule has 0 aromatic heterocycles. The van der Waals surface area contributed by atoms with Crippen LogP contribution in [0.4, 0.5) is 0 Å². The summed E-state index contributed by atoms with van der Waals surface area (Å²) in [6, 6.07) is -0.811. The topological polar surface area (TPSA) is 175 Å². The number of hydrogen-bond acceptors (Lipinski definition) is 10. The Bertz CT molecular complexity index is 1380. The smallest absolute Gasteiger partial charge is 0.305 e. The monoisotopic (exact) mass is 1130 g/mol. The second-order valence-electron chi connectivity index (χ2n) is 24.2. The third-order valence-corrected chi connectivity index (χ3v) is 16.6. The summed E-state index contributed by atoms with van der Waals surface area (Å²) in [7, 11) is 0. The largest absolute Gasteiger partial charge is 0.466 e. The van der Waals surface area contributed by atoms with E-state index in [0.29, 0.717) is 19.4 Å². The van der Waals surface area contributed by atoms with Crippen LogP contribution in [0, 0.1) is 0 Å². The molecule has 1 saturated heterocycles. The molecular weight excluding hydrogens is 1000 g/mol. The van der Waals surface area contributed by atoms with E-state index in [1.807, 2.05) is 6.08 Å². The van der Waals surface area contributed by atoms with Gasteiger partial charge in [0.2, 0.25) is 5.91 Å². The molecule has 7 unspecified atom stereocenters. The highest BCUT2D eigenvalue weighted by atomic mass is 16.7. The average Bonchev–Trinajstić information content (AvgIpc) is 3.45. The second-order valence-corrected chi connectivity index (χ2v) is 24.2. The molecule has 0 saturated carbocycles. The van der Waals surface area contributed by atoms with E-state index in [9.17, 15) is 35.1 Å². The number of rotatable bonds is 61. The third-order valence-electron chi connectivity index (χ3n) is 16.6. The zero-order chi connectivity index (χ0) is 58.0. The second kappa shape index (κ2) is 58.9. The Labute approximate surface area is 492 Å². The fourth-order valence-corrected chi connectivity index (χ4v) is 11.1. The van der Waals surface area contributed by atoms with Crippen molar-refractivity contribution in [2.75, 3.05) is 19.8 Å². The first-order chi connectivity index (χ1) is 39.2. The van der Waals surface area contributed by atoms with Crippen LogP contribution in [0.5, 0.6) is 0 Å². The fraction of sp³-hybridized carbons (Fsp3) is 0.913. The Hall–Kier alpha value is -1.86. The molecule has 1 heterocycles. The SMILES string of the molecule is CCCCCCCCC/C=C/C(O)C(COC1OC(CO)C(O)C(O)C1O)NC(=O)CCCCCCCCCC/C=C\CCCCCCCCCCCCCCOC(=O)CCCCCCCCCCCCCCCCCCCCC. The van der Waals surface area contributed by atoms with E-state index in [-0.39, 0.29) is 18.5 Å². The summed E-state index contributed by atoms with van der Waals surface area (Å²) >= 11 is 0. The summed E-state index contributed by atoms with van der Waals surface area (Å²) in [6.45, 7) is 4.34. The normalized spacial score (nSPS) is 18.4. The van der Waals surface area contributed by atoms with E-state index in [4.69, 9.17) is 14.2 Å². The standard InChI is InChI=1S/C69H131NO10/c1-3-5-7-9-11-13-14-15-16-17-24-28-31-34-37-41-45-49-53-57-65(74)78-58-54-50-46-42-38-35-32-29-26-23-21-19-18-20-22-25-27-30-33-36-40-44-48-52-56-64(73)70-61(62(72)55-51-47-43-39-12-10-8-6-4-2)60-79-69-68(77)67(76)66(75)63(59-71)80-69/h20,22,51,55,61-63,66-69,71-72,75-77H,3-19,21,23-50,52-54,56-60H2,1-2H3,(H,70,73)/b22-20-,55-51+. The van der Waals surface area contributed by atoms with Crippen molar-refractivity contribution >= 4 is 11.9 Å². The van der Waals surface area contributed by atoms with Gasteiger partial charge in [-0.2, -0.15) is 0 Å². The van der Waals surface area contributed by atoms with Gasteiger partial charge in [0.1, 0.15) is 24.4 Å². The van der Waals surface area contributed by atoms with Gasteiger partial charge in [0.05, 0.1) is 32.0 Å². The van der Waals surface area contributed by atoms with Crippen LogP contribution >= 0.6 is 0 Å². The third kappa shape index (κ3) is 47.5. The zero-order valence-electron chi connectivity index (χ0n) is 52.3. The van der Waals surface area contributed by atoms with E-state index < -0.39 is 49.5 Å². The molecule has 0 aromatic carbocycles. The number of nitrogens with one attached hydrogen (secondary N) is 1. The molecule has 11 heteroatoms. The van der Waals surface area contributed by atoms with Crippen LogP contribution in [0.1, 0.15) is 341 Å². The maximum atomic E-state index is 13.0. The average molecular weight is 1130 g/mol. The van der Waals surface area contributed by atoms with Crippen molar-refractivity contribution in [1.82, 2.24) is 5.32 Å². The Balaban J connectivity index is 1.93. The van der Waals surface area contributed by atoms with Gasteiger partial charge in [-0.3, -0.25) is 9.59 Å². The summed E-state index contributed by atoms with van der Waals surface area (Å²) in [4.78, 5) is 25.1. The van der Waals surface area contributed by atoms with Crippen molar-refractivity contribution < 1.29 is 49.3 Å². The van der Waals surface area contributed by atoms with Crippen LogP contribution in [0.25, 0.3) is 0 Å². The Kier molecular flexibility index (Phi) is 56.1. The predicted molar refractivity (Wildman–Crippen MR) is 334 cm³/mol. The number of aliphatic hydroxyl groups is 5. The molecule has 1 amide bonds. The highest BCUT2D eigenvalue weighted by molar-refractivity contribution is 5.76. The number of allylic oxidation sites excluding steroid dienone is 3. The number of hydrogen-bond donors (Lipinski definition) is 6. The van der Waals surface area contributed by atoms with Crippen molar-refractivity contribution in [1.29, 1.82) is 0 Å². The molecular formula is C69H131NO10. The van der Waals surface area contributed by atoms with Gasteiger partial charge in [0.15, 0.2) is 6.29 Å². The van der Waals surface area contributed by atoms with Gasteiger partial charge < -0.3 is 45.1 Å². The van der Waals surface area contributed by atoms with E-state index in [2.05, 4.69) is 31.3 Å². The highest BCUT2D eigenvalue weighted by Crippen LogP contribution is 2.23. The van der Waals surface area contributed by atoms with Crippen LogP contribution in [-0.4, -0.2) is 100 Å². The minimum atomic E-state index is -1.57. The van der Waals surface area contributed by atoms with Crippen molar-refractivity contribution in [3.05, 3.63) is 24.3 Å². The van der Waals surface area contributed by atoms with Gasteiger partial charge in [-0.05, 0) is 57.8 Å². The number of ether oxygens (including phenoxy) is 3. The van der Waals surface area contributed by atoms with Crippen LogP contribution < -0.4 is 5.32 Å². The lowest BCUT2D eigenvalue weighted by atomic mass is 9.99. The molecule has 472 valence electrons. The first kappa shape index (κ1) is 76.2. The lowest BCUT2D eigenvalue weighted by Gasteiger charge is -2.40. The Morgan fingerprint density at radius 1 is 0.450 bits per heavy atom. The van der Waals surface area contributed by atoms with Gasteiger partial charge in [-0.1, -0.05) is 295 Å². The Morgan fingerprint density at radius 2 is 0.800 bits per heavy atom. The molecule has 7 atom stereocenters. The van der Waals surface area contributed by atoms with Gasteiger partial charge in [0, 0.05) is 12.8 Å². The lowest BCUT2D eigenvalue weighted by molar-refractivity contribution is -0.302. The van der Waals surface area contributed by atoms with Gasteiger partial charge in [0.25, 0.3) is 0 Å². The quantitative estimate of drug-likeness (QED) is 0.0195. The maximum Gasteiger partial charge on any atom is 0.305 e. The number of carbonyl (C=O) groups is 2. The molecule has 0 spiro atoms. The lowest BCUT2D eigenvalue weighted by Crippen LogP contribution is -2.60. The Morgan fingerprint density at radius 3 is 1.20 bits per heavy atom. The molecule has 0 aromatic rings. The molecule has 0 bridgehead atoms. The van der Waals surface area contributed by atoms with Crippen LogP contribution in [0.2, 0.25) is 0 Å². The number of aliphatic hydroxyl groups excluding tert-OH is 5. The first-order valence-electron chi connectivity index (χ1n) is 34.6. The number of esters is 1. The van der Waals surface area contributed by atoms with Gasteiger partial charge in [-0.15, -0.1) is 0 Å². The maximum absolute atomic E-state index is 13.0. The molecule has 1 aliphatic heterocycles. The molecule has 11 nitrogen and oxygen atoms in total. The first-order valence-corrected chi connectivity index (χ1v) is 34.6. The molecule has 0 aliphatic carbocycles. The molecule has 6 N–H and O–H groups in total. The predicted octanol–water partition coefficient (Wildman–Crippen LogP) is 17.2. The summed E-state index contributed by atoms with van der Waals surface area (Å²) in [5, 5.41) is 54.3. The fourth-order valence-electron chi connectivity index (χ4n) is 11.1. The van der Waals surface area contributed by atoms with Crippen molar-refractivity contribution in [3.63, 3.8) is 0 Å². The number of amides is 1. The molecule has 80 heavy (non-hydrogen) atoms. The number of unbranched alkanes of at least 4 members (excludes halogenated alkanes) is 45. The van der Waals surface area contributed by atoms with Crippen molar-refractivity contribution in [2.24, 2.45) is 0 Å². The van der Waals surface area contributed by atoms with Crippen LogP contribution in [0.15, 0.2) is 24.3 Å². The van der Waals surface area contributed by atoms with Crippen molar-refractivity contribution in [2.45, 2.75) is 384 Å². The highest BCUT2D eigenvalue weighted by Gasteiger charge is 2.44. The summed E-state index contributed by atoms with van der Waals surface area (Å²) < 4.78 is 16.7. The summed E-state index contributed by atoms with van der Waals surface area (Å²) in [6.07, 6.45) is 63.2. The van der Waals surface area contributed by atoms with E-state index >= 15 is 0 Å². The van der Waals surface area contributed by atoms with E-state index in [1.54, 1.807) is 6.08 Å². The van der Waals surface area contributed by atoms with Crippen LogP contribution in [0.3, 0.4) is 0 Å². The summed E-state index contributed by atoms with van der Waals surface area (Å²) in [5.74, 6) is -0.180. The van der Waals surface area contributed by atoms with Gasteiger partial charge >= 0.3 is 5.97 Å². The summed E-state index contributed by atoms with van der Waals surface area (Å²) in [5.41, 5.74) is 0. The molecule has 1 rings (SSSR count).